The molecule has 0 saturated carbocycles. The first-order valence-electron chi connectivity index (χ1n) is 9.47. The maximum absolute atomic E-state index is 11.0. The minimum Gasteiger partial charge on any atom is -0.548 e. The summed E-state index contributed by atoms with van der Waals surface area (Å²) in [6.45, 7) is 10.9. The number of carbonyl (C=O) groups is 1. The molecule has 0 aliphatic carbocycles. The van der Waals surface area contributed by atoms with Crippen LogP contribution in [0, 0.1) is 0 Å². The van der Waals surface area contributed by atoms with Crippen LogP contribution in [0.2, 0.25) is 0 Å². The van der Waals surface area contributed by atoms with E-state index in [2.05, 4.69) is 83.1 Å². The van der Waals surface area contributed by atoms with Crippen molar-refractivity contribution in [3.05, 3.63) is 76.9 Å². The van der Waals surface area contributed by atoms with Gasteiger partial charge in [-0.25, -0.2) is 0 Å². The molecule has 0 amide bonds. The largest absolute Gasteiger partial charge is 1.00 e. The van der Waals surface area contributed by atoms with Crippen LogP contribution in [0.1, 0.15) is 69.2 Å². The number of carboxylic acid groups (broad SMARTS) is 1. The van der Waals surface area contributed by atoms with Crippen molar-refractivity contribution in [1.29, 1.82) is 0 Å². The topological polar surface area (TPSA) is 66.2 Å². The van der Waals surface area contributed by atoms with E-state index in [1.165, 1.54) is 11.1 Å². The van der Waals surface area contributed by atoms with Crippen LogP contribution in [0.4, 0.5) is 0 Å². The first-order chi connectivity index (χ1) is 12.6. The molecule has 4 heteroatoms. The molecule has 0 aliphatic rings. The summed E-state index contributed by atoms with van der Waals surface area (Å²) in [5.74, 6) is -0.770. The number of aliphatic carboxylic acids is 1. The Morgan fingerprint density at radius 1 is 1.00 bits per heavy atom. The summed E-state index contributed by atoms with van der Waals surface area (Å²) < 4.78 is 0. The van der Waals surface area contributed by atoms with Crippen LogP contribution in [0.15, 0.2) is 54.6 Å². The van der Waals surface area contributed by atoms with Crippen LogP contribution < -0.4 is 40.4 Å². The van der Waals surface area contributed by atoms with E-state index in [0.717, 1.165) is 16.7 Å². The van der Waals surface area contributed by atoms with E-state index in [-0.39, 0.29) is 41.4 Å². The van der Waals surface area contributed by atoms with Gasteiger partial charge >= 0.3 is 29.6 Å². The summed E-state index contributed by atoms with van der Waals surface area (Å²) >= 11 is 0. The average molecular weight is 387 g/mol. The molecule has 0 spiro atoms. The fourth-order valence-electron chi connectivity index (χ4n) is 2.94. The molecule has 0 aromatic heterocycles. The van der Waals surface area contributed by atoms with E-state index in [1.807, 2.05) is 6.08 Å². The second-order valence-corrected chi connectivity index (χ2v) is 8.38. The van der Waals surface area contributed by atoms with Crippen molar-refractivity contribution in [3.63, 3.8) is 0 Å². The molecule has 2 aromatic carbocycles. The number of hydrogen-bond acceptors (Lipinski definition) is 3. The van der Waals surface area contributed by atoms with Gasteiger partial charge in [0, 0.05) is 6.04 Å². The van der Waals surface area contributed by atoms with E-state index >= 15 is 0 Å². The molecule has 2 rings (SSSR count). The van der Waals surface area contributed by atoms with Gasteiger partial charge in [-0.2, -0.15) is 0 Å². The van der Waals surface area contributed by atoms with Crippen LogP contribution >= 0.6 is 0 Å². The Balaban J connectivity index is 0.00000392. The van der Waals surface area contributed by atoms with Gasteiger partial charge in [0.2, 0.25) is 0 Å². The van der Waals surface area contributed by atoms with Crippen LogP contribution in [-0.2, 0) is 10.2 Å². The third-order valence-corrected chi connectivity index (χ3v) is 4.83. The van der Waals surface area contributed by atoms with Crippen molar-refractivity contribution in [1.82, 2.24) is 0 Å². The second kappa shape index (κ2) is 10.4. The van der Waals surface area contributed by atoms with Crippen molar-refractivity contribution >= 4 is 11.5 Å². The van der Waals surface area contributed by atoms with E-state index < -0.39 is 12.0 Å². The number of benzene rings is 2. The van der Waals surface area contributed by atoms with Crippen LogP contribution in [-0.4, -0.2) is 12.0 Å². The van der Waals surface area contributed by atoms with Crippen molar-refractivity contribution in [2.45, 2.75) is 58.4 Å². The maximum Gasteiger partial charge on any atom is 1.00 e. The minimum absolute atomic E-state index is 0. The number of carbonyl (C=O) groups excluding carboxylic acids is 1. The molecule has 28 heavy (non-hydrogen) atoms. The fraction of sp³-hybridized carbons (Fsp3) is 0.375. The average Bonchev–Trinajstić information content (AvgIpc) is 2.61. The smallest absolute Gasteiger partial charge is 0.548 e. The number of carboxylic acids is 1. The molecule has 0 saturated heterocycles. The molecular formula is C24H30NNaO2. The van der Waals surface area contributed by atoms with Crippen LogP contribution in [0.5, 0.6) is 0 Å². The standard InChI is InChI=1S/C24H31NO2.Na/c1-16(2)17-6-8-18(9-7-17)21(14-15-22(25)23(26)27)19-10-12-20(13-11-19)24(3,4)5;/h6-14,16,22H,15,25H2,1-5H3,(H,26,27);/q;+1/p-1/b21-14+;. The number of nitrogens with two attached hydrogens (primary N) is 1. The Morgan fingerprint density at radius 3 is 1.86 bits per heavy atom. The van der Waals surface area contributed by atoms with Crippen LogP contribution in [0.3, 0.4) is 0 Å². The second-order valence-electron chi connectivity index (χ2n) is 8.38. The van der Waals surface area contributed by atoms with Gasteiger partial charge in [-0.3, -0.25) is 0 Å². The molecule has 0 radical (unpaired) electrons. The Kier molecular flexibility index (Phi) is 9.16. The maximum atomic E-state index is 11.0. The van der Waals surface area contributed by atoms with E-state index in [1.54, 1.807) is 0 Å². The van der Waals surface area contributed by atoms with Gasteiger partial charge in [-0.1, -0.05) is 89.2 Å². The molecule has 1 atom stereocenters. The normalized spacial score (nSPS) is 13.2. The SMILES string of the molecule is CC(C)c1ccc(/C(=C\CC(N)C(=O)[O-])c2ccc(C(C)(C)C)cc2)cc1.[Na+]. The Bertz CT molecular complexity index is 800. The Morgan fingerprint density at radius 2 is 1.46 bits per heavy atom. The fourth-order valence-corrected chi connectivity index (χ4v) is 2.94. The van der Waals surface area contributed by atoms with Crippen molar-refractivity contribution < 1.29 is 39.5 Å². The van der Waals surface area contributed by atoms with Gasteiger partial charge in [0.25, 0.3) is 0 Å². The Labute approximate surface area is 191 Å². The van der Waals surface area contributed by atoms with Crippen LogP contribution in [0.25, 0.3) is 5.57 Å². The molecule has 2 aromatic rings. The zero-order valence-electron chi connectivity index (χ0n) is 18.0. The third-order valence-electron chi connectivity index (χ3n) is 4.83. The first kappa shape index (κ1) is 24.6. The molecule has 2 N–H and O–H groups in total. The molecule has 0 heterocycles. The number of rotatable bonds is 6. The predicted octanol–water partition coefficient (Wildman–Crippen LogP) is 1.01. The summed E-state index contributed by atoms with van der Waals surface area (Å²) in [7, 11) is 0. The summed E-state index contributed by atoms with van der Waals surface area (Å²) in [4.78, 5) is 11.0. The summed E-state index contributed by atoms with van der Waals surface area (Å²) in [5, 5.41) is 11.0. The first-order valence-corrected chi connectivity index (χ1v) is 9.47. The van der Waals surface area contributed by atoms with Crippen molar-refractivity contribution in [3.8, 4) is 0 Å². The van der Waals surface area contributed by atoms with E-state index in [9.17, 15) is 9.90 Å². The van der Waals surface area contributed by atoms with Gasteiger partial charge in [0.15, 0.2) is 0 Å². The van der Waals surface area contributed by atoms with Gasteiger partial charge in [0.05, 0.1) is 5.97 Å². The Hall–Kier alpha value is -1.39. The molecule has 0 fully saturated rings. The minimum atomic E-state index is -1.23. The molecule has 144 valence electrons. The predicted molar refractivity (Wildman–Crippen MR) is 110 cm³/mol. The van der Waals surface area contributed by atoms with Gasteiger partial charge in [-0.05, 0) is 45.6 Å². The molecule has 0 aliphatic heterocycles. The summed E-state index contributed by atoms with van der Waals surface area (Å²) in [5.41, 5.74) is 11.4. The van der Waals surface area contributed by atoms with Crippen molar-refractivity contribution in [2.75, 3.05) is 0 Å². The molecule has 3 nitrogen and oxygen atoms in total. The molecule has 0 bridgehead atoms. The number of hydrogen-bond donors (Lipinski definition) is 1. The molecule has 1 unspecified atom stereocenters. The molecular weight excluding hydrogens is 357 g/mol. The summed E-state index contributed by atoms with van der Waals surface area (Å²) in [6.07, 6.45) is 2.13. The van der Waals surface area contributed by atoms with Crippen molar-refractivity contribution in [2.24, 2.45) is 5.73 Å². The zero-order valence-corrected chi connectivity index (χ0v) is 20.0. The van der Waals surface area contributed by atoms with Gasteiger partial charge < -0.3 is 15.6 Å². The van der Waals surface area contributed by atoms with Gasteiger partial charge in [-0.15, -0.1) is 0 Å². The van der Waals surface area contributed by atoms with E-state index in [4.69, 9.17) is 5.73 Å². The quantitative estimate of drug-likeness (QED) is 0.753. The monoisotopic (exact) mass is 387 g/mol. The van der Waals surface area contributed by atoms with Gasteiger partial charge in [0.1, 0.15) is 0 Å². The van der Waals surface area contributed by atoms with E-state index in [0.29, 0.717) is 5.92 Å². The summed E-state index contributed by atoms with van der Waals surface area (Å²) in [6, 6.07) is 15.8. The zero-order chi connectivity index (χ0) is 20.2. The third kappa shape index (κ3) is 6.59.